The lowest BCUT2D eigenvalue weighted by molar-refractivity contribution is -0.00186. The van der Waals surface area contributed by atoms with Crippen LogP contribution in [0.5, 0.6) is 0 Å². The SMILES string of the molecule is CC(C)(C)OC(=O)N1CC(Cc2nc(-c3cccs3)no2)C1. The van der Waals surface area contributed by atoms with Crippen LogP contribution in [0.25, 0.3) is 10.7 Å². The molecular weight excluding hydrogens is 302 g/mol. The predicted molar refractivity (Wildman–Crippen MR) is 82.6 cm³/mol. The highest BCUT2D eigenvalue weighted by Gasteiger charge is 2.34. The second kappa shape index (κ2) is 5.72. The van der Waals surface area contributed by atoms with Crippen molar-refractivity contribution >= 4 is 17.4 Å². The van der Waals surface area contributed by atoms with E-state index in [1.807, 2.05) is 38.3 Å². The summed E-state index contributed by atoms with van der Waals surface area (Å²) in [5.41, 5.74) is -0.454. The Morgan fingerprint density at radius 2 is 2.27 bits per heavy atom. The average Bonchev–Trinajstić information content (AvgIpc) is 3.01. The van der Waals surface area contributed by atoms with E-state index in [2.05, 4.69) is 10.1 Å². The van der Waals surface area contributed by atoms with E-state index in [0.717, 1.165) is 4.88 Å². The maximum Gasteiger partial charge on any atom is 0.410 e. The van der Waals surface area contributed by atoms with Gasteiger partial charge in [0.2, 0.25) is 11.7 Å². The monoisotopic (exact) mass is 321 g/mol. The summed E-state index contributed by atoms with van der Waals surface area (Å²) in [6.45, 7) is 6.95. The third-order valence-electron chi connectivity index (χ3n) is 3.28. The number of amides is 1. The van der Waals surface area contributed by atoms with E-state index in [9.17, 15) is 4.79 Å². The van der Waals surface area contributed by atoms with Gasteiger partial charge in [-0.3, -0.25) is 0 Å². The molecule has 1 amide bonds. The maximum absolute atomic E-state index is 11.9. The molecule has 1 saturated heterocycles. The molecule has 0 spiro atoms. The first-order valence-electron chi connectivity index (χ1n) is 7.25. The summed E-state index contributed by atoms with van der Waals surface area (Å²) in [5, 5.41) is 5.97. The van der Waals surface area contributed by atoms with Crippen molar-refractivity contribution in [2.45, 2.75) is 32.8 Å². The van der Waals surface area contributed by atoms with Gasteiger partial charge >= 0.3 is 6.09 Å². The minimum absolute atomic E-state index is 0.256. The molecule has 2 aromatic rings. The molecule has 0 atom stereocenters. The lowest BCUT2D eigenvalue weighted by atomic mass is 9.97. The average molecular weight is 321 g/mol. The maximum atomic E-state index is 11.9. The zero-order chi connectivity index (χ0) is 15.7. The Labute approximate surface area is 133 Å². The zero-order valence-corrected chi connectivity index (χ0v) is 13.7. The molecule has 3 rings (SSSR count). The molecule has 1 aliphatic heterocycles. The van der Waals surface area contributed by atoms with Crippen molar-refractivity contribution in [3.8, 4) is 10.7 Å². The molecule has 7 heteroatoms. The number of carbonyl (C=O) groups excluding carboxylic acids is 1. The molecule has 1 fully saturated rings. The number of carbonyl (C=O) groups is 1. The fourth-order valence-corrected chi connectivity index (χ4v) is 2.91. The van der Waals surface area contributed by atoms with Crippen LogP contribution in [0.3, 0.4) is 0 Å². The fourth-order valence-electron chi connectivity index (χ4n) is 2.27. The topological polar surface area (TPSA) is 68.5 Å². The van der Waals surface area contributed by atoms with Gasteiger partial charge in [0, 0.05) is 25.4 Å². The van der Waals surface area contributed by atoms with E-state index in [1.54, 1.807) is 16.2 Å². The molecule has 0 N–H and O–H groups in total. The number of likely N-dealkylation sites (tertiary alicyclic amines) is 1. The lowest BCUT2D eigenvalue weighted by Crippen LogP contribution is -2.52. The minimum atomic E-state index is -0.454. The highest BCUT2D eigenvalue weighted by atomic mass is 32.1. The number of hydrogen-bond donors (Lipinski definition) is 0. The first kappa shape index (κ1) is 15.0. The fraction of sp³-hybridized carbons (Fsp3) is 0.533. The third-order valence-corrected chi connectivity index (χ3v) is 4.15. The van der Waals surface area contributed by atoms with Crippen molar-refractivity contribution in [2.24, 2.45) is 5.92 Å². The molecule has 0 unspecified atom stereocenters. The summed E-state index contributed by atoms with van der Waals surface area (Å²) >= 11 is 1.58. The Kier molecular flexibility index (Phi) is 3.90. The summed E-state index contributed by atoms with van der Waals surface area (Å²) in [5.74, 6) is 1.61. The number of nitrogens with zero attached hydrogens (tertiary/aromatic N) is 3. The summed E-state index contributed by atoms with van der Waals surface area (Å²) in [4.78, 5) is 19.0. The highest BCUT2D eigenvalue weighted by molar-refractivity contribution is 7.13. The van der Waals surface area contributed by atoms with Gasteiger partial charge in [-0.15, -0.1) is 11.3 Å². The predicted octanol–water partition coefficient (Wildman–Crippen LogP) is 3.21. The first-order valence-corrected chi connectivity index (χ1v) is 8.13. The zero-order valence-electron chi connectivity index (χ0n) is 12.9. The van der Waals surface area contributed by atoms with Gasteiger partial charge in [0.1, 0.15) is 5.60 Å². The molecule has 0 radical (unpaired) electrons. The first-order chi connectivity index (χ1) is 10.4. The summed E-state index contributed by atoms with van der Waals surface area (Å²) in [6, 6.07) is 3.92. The van der Waals surface area contributed by atoms with Crippen molar-refractivity contribution in [1.29, 1.82) is 0 Å². The van der Waals surface area contributed by atoms with Crippen molar-refractivity contribution in [1.82, 2.24) is 15.0 Å². The second-order valence-corrected chi connectivity index (χ2v) is 7.39. The Morgan fingerprint density at radius 3 is 2.91 bits per heavy atom. The van der Waals surface area contributed by atoms with Gasteiger partial charge in [0.15, 0.2) is 0 Å². The van der Waals surface area contributed by atoms with Crippen LogP contribution in [-0.4, -0.2) is 39.8 Å². The molecule has 1 aliphatic rings. The van der Waals surface area contributed by atoms with Crippen LogP contribution in [0.15, 0.2) is 22.0 Å². The number of aromatic nitrogens is 2. The van der Waals surface area contributed by atoms with Crippen LogP contribution in [0.2, 0.25) is 0 Å². The van der Waals surface area contributed by atoms with E-state index < -0.39 is 5.60 Å². The number of thiophene rings is 1. The van der Waals surface area contributed by atoms with Crippen LogP contribution in [0, 0.1) is 5.92 Å². The molecule has 0 aliphatic carbocycles. The van der Waals surface area contributed by atoms with Crippen molar-refractivity contribution in [3.05, 3.63) is 23.4 Å². The molecule has 0 saturated carbocycles. The van der Waals surface area contributed by atoms with Crippen LogP contribution >= 0.6 is 11.3 Å². The van der Waals surface area contributed by atoms with E-state index in [0.29, 0.717) is 37.1 Å². The molecule has 118 valence electrons. The lowest BCUT2D eigenvalue weighted by Gasteiger charge is -2.39. The van der Waals surface area contributed by atoms with Gasteiger partial charge in [-0.1, -0.05) is 11.2 Å². The third kappa shape index (κ3) is 3.47. The molecule has 22 heavy (non-hydrogen) atoms. The van der Waals surface area contributed by atoms with Gasteiger partial charge in [-0.25, -0.2) is 4.79 Å². The van der Waals surface area contributed by atoms with E-state index in [4.69, 9.17) is 9.26 Å². The summed E-state index contributed by atoms with van der Waals surface area (Å²) < 4.78 is 10.6. The van der Waals surface area contributed by atoms with Crippen molar-refractivity contribution in [3.63, 3.8) is 0 Å². The quantitative estimate of drug-likeness (QED) is 0.868. The Balaban J connectivity index is 1.49. The smallest absolute Gasteiger partial charge is 0.410 e. The molecule has 0 bridgehead atoms. The Hall–Kier alpha value is -1.89. The molecular formula is C15H19N3O3S. The standard InChI is InChI=1S/C15H19N3O3S/c1-15(2,3)20-14(19)18-8-10(9-18)7-12-16-13(17-21-12)11-5-4-6-22-11/h4-6,10H,7-9H2,1-3H3. The summed E-state index contributed by atoms with van der Waals surface area (Å²) in [7, 11) is 0. The number of hydrogen-bond acceptors (Lipinski definition) is 6. The van der Waals surface area contributed by atoms with Crippen LogP contribution in [0.1, 0.15) is 26.7 Å². The van der Waals surface area contributed by atoms with Crippen molar-refractivity contribution in [2.75, 3.05) is 13.1 Å². The van der Waals surface area contributed by atoms with Crippen LogP contribution in [-0.2, 0) is 11.2 Å². The summed E-state index contributed by atoms with van der Waals surface area (Å²) in [6.07, 6.45) is 0.436. The van der Waals surface area contributed by atoms with Gasteiger partial charge in [0.05, 0.1) is 4.88 Å². The van der Waals surface area contributed by atoms with Gasteiger partial charge in [0.25, 0.3) is 0 Å². The van der Waals surface area contributed by atoms with E-state index >= 15 is 0 Å². The van der Waals surface area contributed by atoms with E-state index in [-0.39, 0.29) is 6.09 Å². The van der Waals surface area contributed by atoms with E-state index in [1.165, 1.54) is 0 Å². The van der Waals surface area contributed by atoms with Crippen LogP contribution < -0.4 is 0 Å². The van der Waals surface area contributed by atoms with Crippen molar-refractivity contribution < 1.29 is 14.1 Å². The molecule has 2 aromatic heterocycles. The van der Waals surface area contributed by atoms with Crippen LogP contribution in [0.4, 0.5) is 4.79 Å². The number of ether oxygens (including phenoxy) is 1. The number of rotatable bonds is 3. The molecule has 6 nitrogen and oxygen atoms in total. The molecule has 0 aromatic carbocycles. The largest absolute Gasteiger partial charge is 0.444 e. The second-order valence-electron chi connectivity index (χ2n) is 6.44. The normalized spacial score (nSPS) is 15.7. The van der Waals surface area contributed by atoms with Gasteiger partial charge in [-0.05, 0) is 32.2 Å². The Morgan fingerprint density at radius 1 is 1.50 bits per heavy atom. The Bertz CT molecular complexity index is 639. The molecule has 3 heterocycles. The van der Waals surface area contributed by atoms with Gasteiger partial charge in [-0.2, -0.15) is 4.98 Å². The highest BCUT2D eigenvalue weighted by Crippen LogP contribution is 2.25. The van der Waals surface area contributed by atoms with Gasteiger partial charge < -0.3 is 14.2 Å². The minimum Gasteiger partial charge on any atom is -0.444 e.